The van der Waals surface area contributed by atoms with Crippen LogP contribution in [0.1, 0.15) is 31.2 Å². The van der Waals surface area contributed by atoms with Crippen molar-refractivity contribution in [1.29, 1.82) is 0 Å². The molecule has 66 heavy (non-hydrogen) atoms. The van der Waals surface area contributed by atoms with E-state index in [1.807, 2.05) is 89.6 Å². The largest absolute Gasteiger partial charge is 0.365 e. The van der Waals surface area contributed by atoms with Crippen molar-refractivity contribution in [2.75, 3.05) is 16.0 Å². The number of hydrogen-bond acceptors (Lipinski definition) is 15. The highest BCUT2D eigenvalue weighted by Gasteiger charge is 2.25. The number of halogens is 4. The molecule has 13 nitrogen and oxygen atoms in total. The number of aromatic nitrogens is 6. The molecule has 0 spiro atoms. The number of imide groups is 1. The summed E-state index contributed by atoms with van der Waals surface area (Å²) in [5.41, 5.74) is 6.20. The summed E-state index contributed by atoms with van der Waals surface area (Å²) in [5, 5.41) is 17.8. The Labute approximate surface area is 411 Å². The third-order valence-corrected chi connectivity index (χ3v) is 12.8. The second kappa shape index (κ2) is 23.8. The second-order valence-corrected chi connectivity index (χ2v) is 18.1. The van der Waals surface area contributed by atoms with Crippen LogP contribution in [0.25, 0.3) is 28.6 Å². The normalized spacial score (nSPS) is 12.3. The molecule has 9 rings (SSSR count). The number of benzene rings is 3. The molecule has 332 valence electrons. The number of rotatable bonds is 13. The summed E-state index contributed by atoms with van der Waals surface area (Å²) in [6.07, 6.45) is 12.3. The van der Waals surface area contributed by atoms with Crippen LogP contribution in [-0.2, 0) is 24.4 Å². The van der Waals surface area contributed by atoms with E-state index in [9.17, 15) is 14.4 Å². The van der Waals surface area contributed by atoms with E-state index in [1.165, 1.54) is 28.9 Å². The van der Waals surface area contributed by atoms with Gasteiger partial charge in [-0.05, 0) is 64.9 Å². The summed E-state index contributed by atoms with van der Waals surface area (Å²) in [5.74, 6) is 1.57. The van der Waals surface area contributed by atoms with Crippen LogP contribution in [0.4, 0.5) is 22.2 Å². The van der Waals surface area contributed by atoms with Gasteiger partial charge in [-0.25, -0.2) is 15.0 Å². The first-order valence-corrected chi connectivity index (χ1v) is 23.6. The van der Waals surface area contributed by atoms with Crippen molar-refractivity contribution >= 4 is 122 Å². The average molecular weight is 1010 g/mol. The molecule has 1 aliphatic heterocycles. The van der Waals surface area contributed by atoms with Crippen LogP contribution >= 0.6 is 80.8 Å². The van der Waals surface area contributed by atoms with Gasteiger partial charge < -0.3 is 16.0 Å². The standard InChI is InChI=1S/C19H13ClN4O2S2.C16H12ClN3OS.C11H9Cl2N3/c20-14-4-2-1-3-11(14)7-22-17-9-21-8-15(23-17)12-5-13(27-10-12)6-16-18(25)24-19(26)28-16;17-14-4-2-1-3-11(14)6-19-16-8-18-7-15(20-16)12-5-13(9-21)22-10-12;12-9-4-2-1-3-8(9)5-15-11-7-14-6-10(13)16-11/h1-6,8-10H,7H2,(H,22,23)(H,24,25,26);1-5,7-10H,6H2,(H,19,20);1-4,6-7H,5H2,(H,15,16)/b16-6-;;. The first kappa shape index (κ1) is 47.7. The quantitative estimate of drug-likeness (QED) is 0.0634. The number of amides is 2. The maximum absolute atomic E-state index is 11.7. The molecule has 0 bridgehead atoms. The predicted molar refractivity (Wildman–Crippen MR) is 269 cm³/mol. The van der Waals surface area contributed by atoms with Gasteiger partial charge in [-0.3, -0.25) is 34.7 Å². The van der Waals surface area contributed by atoms with Crippen molar-refractivity contribution in [3.05, 3.63) is 184 Å². The maximum atomic E-state index is 11.7. The number of anilines is 3. The first-order valence-electron chi connectivity index (χ1n) is 19.5. The lowest BCUT2D eigenvalue weighted by atomic mass is 10.2. The smallest absolute Gasteiger partial charge is 0.290 e. The van der Waals surface area contributed by atoms with Gasteiger partial charge >= 0.3 is 0 Å². The Hall–Kier alpha value is -6.24. The molecule has 5 aromatic heterocycles. The number of hydrogen-bond donors (Lipinski definition) is 4. The van der Waals surface area contributed by atoms with Gasteiger partial charge in [0.1, 0.15) is 22.6 Å². The van der Waals surface area contributed by atoms with Gasteiger partial charge in [0.05, 0.1) is 58.4 Å². The summed E-state index contributed by atoms with van der Waals surface area (Å²) in [4.78, 5) is 61.1. The minimum Gasteiger partial charge on any atom is -0.365 e. The van der Waals surface area contributed by atoms with Crippen LogP contribution in [0.15, 0.2) is 138 Å². The van der Waals surface area contributed by atoms with Gasteiger partial charge in [0.25, 0.3) is 11.1 Å². The second-order valence-electron chi connectivity index (χ2n) is 13.6. The molecule has 2 amide bonds. The lowest BCUT2D eigenvalue weighted by Gasteiger charge is -2.08. The molecule has 0 saturated carbocycles. The number of thiophene rings is 2. The minimum atomic E-state index is -0.365. The molecule has 1 fully saturated rings. The molecule has 1 aliphatic rings. The van der Waals surface area contributed by atoms with Crippen molar-refractivity contribution in [1.82, 2.24) is 35.2 Å². The van der Waals surface area contributed by atoms with Gasteiger partial charge in [-0.15, -0.1) is 22.7 Å². The first-order chi connectivity index (χ1) is 32.1. The van der Waals surface area contributed by atoms with E-state index in [1.54, 1.807) is 43.1 Å². The van der Waals surface area contributed by atoms with Crippen LogP contribution in [0.3, 0.4) is 0 Å². The molecule has 4 N–H and O–H groups in total. The van der Waals surface area contributed by atoms with E-state index in [2.05, 4.69) is 51.2 Å². The Morgan fingerprint density at radius 1 is 0.561 bits per heavy atom. The van der Waals surface area contributed by atoms with Crippen LogP contribution in [0.2, 0.25) is 20.2 Å². The molecule has 0 atom stereocenters. The maximum Gasteiger partial charge on any atom is 0.290 e. The average Bonchev–Trinajstić information content (AvgIpc) is 4.09. The fourth-order valence-electron chi connectivity index (χ4n) is 5.75. The number of nitrogens with one attached hydrogen (secondary N) is 4. The molecular formula is C46H34Cl4N10O3S3. The number of carbonyl (C=O) groups excluding carboxylic acids is 3. The Morgan fingerprint density at radius 2 is 1.00 bits per heavy atom. The fraction of sp³-hybridized carbons (Fsp3) is 0.0652. The highest BCUT2D eigenvalue weighted by atomic mass is 35.5. The number of thioether (sulfide) groups is 1. The molecule has 3 aromatic carbocycles. The Morgan fingerprint density at radius 3 is 1.42 bits per heavy atom. The zero-order chi connectivity index (χ0) is 46.3. The van der Waals surface area contributed by atoms with Gasteiger partial charge in [-0.2, -0.15) is 0 Å². The zero-order valence-electron chi connectivity index (χ0n) is 34.1. The van der Waals surface area contributed by atoms with Gasteiger partial charge in [0.2, 0.25) is 0 Å². The molecule has 20 heteroatoms. The molecule has 1 saturated heterocycles. The van der Waals surface area contributed by atoms with Crippen LogP contribution in [-0.4, -0.2) is 47.3 Å². The molecule has 0 aliphatic carbocycles. The van der Waals surface area contributed by atoms with Crippen molar-refractivity contribution in [2.24, 2.45) is 0 Å². The molecule has 8 aromatic rings. The Kier molecular flexibility index (Phi) is 17.2. The van der Waals surface area contributed by atoms with Crippen molar-refractivity contribution in [3.8, 4) is 22.5 Å². The third-order valence-electron chi connectivity index (χ3n) is 8.99. The van der Waals surface area contributed by atoms with E-state index < -0.39 is 0 Å². The number of aldehydes is 1. The minimum absolute atomic E-state index is 0.351. The lowest BCUT2D eigenvalue weighted by molar-refractivity contribution is -0.115. The van der Waals surface area contributed by atoms with Crippen LogP contribution in [0, 0.1) is 0 Å². The zero-order valence-corrected chi connectivity index (χ0v) is 39.6. The summed E-state index contributed by atoms with van der Waals surface area (Å²) in [6, 6.07) is 26.6. The van der Waals surface area contributed by atoms with Gasteiger partial charge in [-0.1, -0.05) is 101 Å². The SMILES string of the molecule is Clc1cncc(NCc2ccccc2Cl)n1.O=C1NC(=O)/C(=C/c2cc(-c3cncc(NCc4ccccc4Cl)n3)cs2)S1.O=Cc1cc(-c2cncc(NCc3ccccc3Cl)n2)cs1. The molecule has 0 unspecified atom stereocenters. The lowest BCUT2D eigenvalue weighted by Crippen LogP contribution is -2.17. The summed E-state index contributed by atoms with van der Waals surface area (Å²) in [7, 11) is 0. The van der Waals surface area contributed by atoms with E-state index in [-0.39, 0.29) is 11.1 Å². The molecular weight excluding hydrogens is 979 g/mol. The molecule has 0 radical (unpaired) electrons. The fourth-order valence-corrected chi connectivity index (χ4v) is 8.79. The Bertz CT molecular complexity index is 3010. The van der Waals surface area contributed by atoms with E-state index >= 15 is 0 Å². The third kappa shape index (κ3) is 13.9. The summed E-state index contributed by atoms with van der Waals surface area (Å²) in [6.45, 7) is 1.70. The highest BCUT2D eigenvalue weighted by Crippen LogP contribution is 2.31. The van der Waals surface area contributed by atoms with Crippen LogP contribution < -0.4 is 21.3 Å². The highest BCUT2D eigenvalue weighted by molar-refractivity contribution is 8.18. The Balaban J connectivity index is 0.000000153. The van der Waals surface area contributed by atoms with E-state index in [0.29, 0.717) is 67.8 Å². The van der Waals surface area contributed by atoms with Crippen LogP contribution in [0.5, 0.6) is 0 Å². The summed E-state index contributed by atoms with van der Waals surface area (Å²) < 4.78 is 0. The van der Waals surface area contributed by atoms with E-state index in [0.717, 1.165) is 61.5 Å². The summed E-state index contributed by atoms with van der Waals surface area (Å²) >= 11 is 27.8. The van der Waals surface area contributed by atoms with Crippen molar-refractivity contribution in [2.45, 2.75) is 19.6 Å². The number of carbonyl (C=O) groups is 3. The predicted octanol–water partition coefficient (Wildman–Crippen LogP) is 12.5. The van der Waals surface area contributed by atoms with Crippen molar-refractivity contribution < 1.29 is 14.4 Å². The monoisotopic (exact) mass is 1010 g/mol. The van der Waals surface area contributed by atoms with Gasteiger partial charge in [0, 0.05) is 61.5 Å². The molecule has 6 heterocycles. The topological polar surface area (TPSA) is 177 Å². The number of nitrogens with zero attached hydrogens (tertiary/aromatic N) is 6. The van der Waals surface area contributed by atoms with Crippen molar-refractivity contribution in [3.63, 3.8) is 0 Å². The van der Waals surface area contributed by atoms with Gasteiger partial charge in [0.15, 0.2) is 6.29 Å². The van der Waals surface area contributed by atoms with E-state index in [4.69, 9.17) is 46.4 Å².